The molecular weight excluding hydrogens is 226 g/mol. The fourth-order valence-electron chi connectivity index (χ4n) is 1.84. The van der Waals surface area contributed by atoms with E-state index < -0.39 is 0 Å². The first-order valence-corrected chi connectivity index (χ1v) is 5.96. The normalized spacial score (nSPS) is 10.9. The summed E-state index contributed by atoms with van der Waals surface area (Å²) in [5.41, 5.74) is 2.14. The first kappa shape index (κ1) is 12.6. The lowest BCUT2D eigenvalue weighted by Crippen LogP contribution is -2.20. The van der Waals surface area contributed by atoms with E-state index in [4.69, 9.17) is 0 Å². The average molecular weight is 245 g/mol. The second kappa shape index (κ2) is 5.64. The van der Waals surface area contributed by atoms with E-state index in [1.165, 1.54) is 0 Å². The van der Waals surface area contributed by atoms with Gasteiger partial charge >= 0.3 is 0 Å². The van der Waals surface area contributed by atoms with E-state index in [2.05, 4.69) is 33.3 Å². The maximum absolute atomic E-state index is 4.37. The standard InChI is InChI=1S/C13H19N5/c1-14-11-4-5-15-12(8-11)9-17(2)10-13-16-6-7-18(13)3/h4-8H,9-10H2,1-3H3,(H,14,15). The van der Waals surface area contributed by atoms with Gasteiger partial charge in [0.1, 0.15) is 5.82 Å². The number of hydrogen-bond donors (Lipinski definition) is 1. The highest BCUT2D eigenvalue weighted by Gasteiger charge is 2.06. The molecule has 0 saturated carbocycles. The molecule has 1 N–H and O–H groups in total. The molecule has 5 heteroatoms. The predicted octanol–water partition coefficient (Wildman–Crippen LogP) is 1.49. The first-order chi connectivity index (χ1) is 8.69. The van der Waals surface area contributed by atoms with Crippen LogP contribution in [0.3, 0.4) is 0 Å². The Morgan fingerprint density at radius 2 is 2.11 bits per heavy atom. The summed E-state index contributed by atoms with van der Waals surface area (Å²) in [5.74, 6) is 1.06. The summed E-state index contributed by atoms with van der Waals surface area (Å²) in [6.45, 7) is 1.62. The van der Waals surface area contributed by atoms with E-state index in [1.807, 2.05) is 43.3 Å². The molecule has 5 nitrogen and oxygen atoms in total. The monoisotopic (exact) mass is 245 g/mol. The van der Waals surface area contributed by atoms with Gasteiger partial charge in [-0.25, -0.2) is 4.98 Å². The minimum absolute atomic E-state index is 0.808. The zero-order valence-corrected chi connectivity index (χ0v) is 11.1. The molecule has 0 unspecified atom stereocenters. The minimum Gasteiger partial charge on any atom is -0.388 e. The van der Waals surface area contributed by atoms with Crippen molar-refractivity contribution in [2.45, 2.75) is 13.1 Å². The summed E-state index contributed by atoms with van der Waals surface area (Å²) in [5, 5.41) is 3.12. The van der Waals surface area contributed by atoms with Crippen LogP contribution in [0.1, 0.15) is 11.5 Å². The number of hydrogen-bond acceptors (Lipinski definition) is 4. The molecule has 96 valence electrons. The predicted molar refractivity (Wildman–Crippen MR) is 72.2 cm³/mol. The van der Waals surface area contributed by atoms with Crippen molar-refractivity contribution in [3.63, 3.8) is 0 Å². The van der Waals surface area contributed by atoms with Crippen LogP contribution in [0.2, 0.25) is 0 Å². The van der Waals surface area contributed by atoms with Crippen molar-refractivity contribution in [3.05, 3.63) is 42.2 Å². The maximum Gasteiger partial charge on any atom is 0.122 e. The Morgan fingerprint density at radius 1 is 1.28 bits per heavy atom. The number of nitrogens with one attached hydrogen (secondary N) is 1. The SMILES string of the molecule is CNc1ccnc(CN(C)Cc2nccn2C)c1. The van der Waals surface area contributed by atoms with E-state index in [1.54, 1.807) is 0 Å². The van der Waals surface area contributed by atoms with Crippen LogP contribution in [0.4, 0.5) is 5.69 Å². The number of imidazole rings is 1. The molecule has 0 fully saturated rings. The summed E-state index contributed by atoms with van der Waals surface area (Å²) < 4.78 is 2.04. The third kappa shape index (κ3) is 3.07. The number of anilines is 1. The summed E-state index contributed by atoms with van der Waals surface area (Å²) >= 11 is 0. The fourth-order valence-corrected chi connectivity index (χ4v) is 1.84. The van der Waals surface area contributed by atoms with Gasteiger partial charge in [0.25, 0.3) is 0 Å². The molecule has 0 aliphatic carbocycles. The Morgan fingerprint density at radius 3 is 2.78 bits per heavy atom. The highest BCUT2D eigenvalue weighted by Crippen LogP contribution is 2.09. The number of rotatable bonds is 5. The van der Waals surface area contributed by atoms with Crippen molar-refractivity contribution in [1.29, 1.82) is 0 Å². The average Bonchev–Trinajstić information content (AvgIpc) is 2.75. The summed E-state index contributed by atoms with van der Waals surface area (Å²) in [6, 6.07) is 4.02. The molecule has 0 radical (unpaired) electrons. The van der Waals surface area contributed by atoms with Crippen molar-refractivity contribution in [2.75, 3.05) is 19.4 Å². The fraction of sp³-hybridized carbons (Fsp3) is 0.385. The topological polar surface area (TPSA) is 46.0 Å². The van der Waals surface area contributed by atoms with Gasteiger partial charge in [-0.1, -0.05) is 0 Å². The van der Waals surface area contributed by atoms with E-state index in [0.717, 1.165) is 30.3 Å². The van der Waals surface area contributed by atoms with Crippen molar-refractivity contribution in [3.8, 4) is 0 Å². The molecule has 0 bridgehead atoms. The van der Waals surface area contributed by atoms with E-state index in [-0.39, 0.29) is 0 Å². The molecule has 2 aromatic rings. The molecule has 0 aromatic carbocycles. The number of aromatic nitrogens is 3. The third-order valence-corrected chi connectivity index (χ3v) is 2.87. The van der Waals surface area contributed by atoms with Crippen LogP contribution in [-0.4, -0.2) is 33.5 Å². The number of aryl methyl sites for hydroxylation is 1. The quantitative estimate of drug-likeness (QED) is 0.867. The van der Waals surface area contributed by atoms with Gasteiger partial charge < -0.3 is 9.88 Å². The molecule has 2 heterocycles. The van der Waals surface area contributed by atoms with Crippen LogP contribution in [-0.2, 0) is 20.1 Å². The molecule has 0 atom stereocenters. The third-order valence-electron chi connectivity index (χ3n) is 2.87. The second-order valence-corrected chi connectivity index (χ2v) is 4.41. The second-order valence-electron chi connectivity index (χ2n) is 4.41. The Bertz CT molecular complexity index is 506. The van der Waals surface area contributed by atoms with Crippen molar-refractivity contribution in [2.24, 2.45) is 7.05 Å². The van der Waals surface area contributed by atoms with Crippen LogP contribution in [0.15, 0.2) is 30.7 Å². The molecule has 0 aliphatic rings. The van der Waals surface area contributed by atoms with Crippen LogP contribution >= 0.6 is 0 Å². The first-order valence-electron chi connectivity index (χ1n) is 5.96. The Labute approximate surface area is 107 Å². The van der Waals surface area contributed by atoms with E-state index >= 15 is 0 Å². The van der Waals surface area contributed by atoms with Gasteiger partial charge in [0.15, 0.2) is 0 Å². The van der Waals surface area contributed by atoms with Crippen LogP contribution < -0.4 is 5.32 Å². The minimum atomic E-state index is 0.808. The Balaban J connectivity index is 1.98. The number of nitrogens with zero attached hydrogens (tertiary/aromatic N) is 4. The van der Waals surface area contributed by atoms with Gasteiger partial charge in [0.2, 0.25) is 0 Å². The molecular formula is C13H19N5. The molecule has 0 saturated heterocycles. The van der Waals surface area contributed by atoms with Crippen molar-refractivity contribution < 1.29 is 0 Å². The summed E-state index contributed by atoms with van der Waals surface area (Å²) in [7, 11) is 6.00. The van der Waals surface area contributed by atoms with Gasteiger partial charge in [-0.2, -0.15) is 0 Å². The van der Waals surface area contributed by atoms with Crippen LogP contribution in [0.25, 0.3) is 0 Å². The highest BCUT2D eigenvalue weighted by atomic mass is 15.2. The van der Waals surface area contributed by atoms with Gasteiger partial charge in [0, 0.05) is 44.9 Å². The summed E-state index contributed by atoms with van der Waals surface area (Å²) in [4.78, 5) is 10.9. The molecule has 2 rings (SSSR count). The zero-order valence-electron chi connectivity index (χ0n) is 11.1. The van der Waals surface area contributed by atoms with Gasteiger partial charge in [-0.3, -0.25) is 9.88 Å². The molecule has 2 aromatic heterocycles. The van der Waals surface area contributed by atoms with E-state index in [0.29, 0.717) is 0 Å². The Hall–Kier alpha value is -1.88. The lowest BCUT2D eigenvalue weighted by atomic mass is 10.3. The smallest absolute Gasteiger partial charge is 0.122 e. The zero-order chi connectivity index (χ0) is 13.0. The lowest BCUT2D eigenvalue weighted by molar-refractivity contribution is 0.303. The summed E-state index contributed by atoms with van der Waals surface area (Å²) in [6.07, 6.45) is 5.61. The number of pyridine rings is 1. The van der Waals surface area contributed by atoms with Gasteiger partial charge in [0.05, 0.1) is 12.2 Å². The Kier molecular flexibility index (Phi) is 3.94. The molecule has 18 heavy (non-hydrogen) atoms. The van der Waals surface area contributed by atoms with Crippen LogP contribution in [0, 0.1) is 0 Å². The van der Waals surface area contributed by atoms with Crippen molar-refractivity contribution >= 4 is 5.69 Å². The molecule has 0 amide bonds. The largest absolute Gasteiger partial charge is 0.388 e. The molecule has 0 aliphatic heterocycles. The highest BCUT2D eigenvalue weighted by molar-refractivity contribution is 5.42. The molecule has 0 spiro atoms. The van der Waals surface area contributed by atoms with Crippen LogP contribution in [0.5, 0.6) is 0 Å². The van der Waals surface area contributed by atoms with Crippen molar-refractivity contribution in [1.82, 2.24) is 19.4 Å². The lowest BCUT2D eigenvalue weighted by Gasteiger charge is -2.16. The van der Waals surface area contributed by atoms with Gasteiger partial charge in [-0.15, -0.1) is 0 Å². The van der Waals surface area contributed by atoms with E-state index in [9.17, 15) is 0 Å². The van der Waals surface area contributed by atoms with Gasteiger partial charge in [-0.05, 0) is 19.2 Å². The maximum atomic E-state index is 4.37.